The number of amides is 1. The van der Waals surface area contributed by atoms with Gasteiger partial charge in [-0.05, 0) is 75.1 Å². The number of likely N-dealkylation sites (tertiary alicyclic amines) is 1. The number of hydrogen-bond donors (Lipinski definition) is 0. The van der Waals surface area contributed by atoms with Crippen LogP contribution in [0.25, 0.3) is 22.2 Å². The predicted octanol–water partition coefficient (Wildman–Crippen LogP) is 4.78. The topological polar surface area (TPSA) is 108 Å². The standard InChI is InChI=1S/C35H38FN7O3/c1-20(36)34(44)43-14-13-42(18-22(43)10-11-37)33-29-17-38-30(26-7-3-6-25-27-15-21(27)16-28(25)26)32(46-24-8-9-24)31(29)39-35(40-33)45-19-23-5-4-12-41(23)2/h3,6-7,17,21-24,27H,1,4-5,8-10,12-16,18-19H2,2H3/t21-,22-,23-,27-/m0/s1. The summed E-state index contributed by atoms with van der Waals surface area (Å²) in [6.45, 7) is 5.58. The maximum Gasteiger partial charge on any atom is 0.319 e. The number of ether oxygens (including phenoxy) is 2. The van der Waals surface area contributed by atoms with Gasteiger partial charge in [0.25, 0.3) is 5.91 Å². The molecule has 4 fully saturated rings. The summed E-state index contributed by atoms with van der Waals surface area (Å²) in [5, 5.41) is 10.3. The van der Waals surface area contributed by atoms with Crippen LogP contribution in [0, 0.1) is 17.2 Å². The molecular formula is C35H38FN7O3. The first-order chi connectivity index (χ1) is 22.4. The van der Waals surface area contributed by atoms with E-state index in [0.717, 1.165) is 55.8 Å². The van der Waals surface area contributed by atoms with Crippen molar-refractivity contribution >= 4 is 22.6 Å². The monoisotopic (exact) mass is 623 g/mol. The van der Waals surface area contributed by atoms with Crippen molar-refractivity contribution in [2.45, 2.75) is 69.1 Å². The molecule has 2 saturated heterocycles. The zero-order valence-corrected chi connectivity index (χ0v) is 26.1. The van der Waals surface area contributed by atoms with E-state index in [1.54, 1.807) is 0 Å². The van der Waals surface area contributed by atoms with Crippen molar-refractivity contribution in [1.29, 1.82) is 5.26 Å². The highest BCUT2D eigenvalue weighted by Crippen LogP contribution is 2.58. The summed E-state index contributed by atoms with van der Waals surface area (Å²) < 4.78 is 26.9. The van der Waals surface area contributed by atoms with Crippen LogP contribution in [0.1, 0.15) is 55.6 Å². The Morgan fingerprint density at radius 2 is 2.04 bits per heavy atom. The van der Waals surface area contributed by atoms with Gasteiger partial charge in [-0.3, -0.25) is 9.78 Å². The molecule has 8 rings (SSSR count). The number of rotatable bonds is 9. The van der Waals surface area contributed by atoms with Gasteiger partial charge in [-0.2, -0.15) is 15.2 Å². The quantitative estimate of drug-likeness (QED) is 0.311. The second kappa shape index (κ2) is 11.5. The number of benzene rings is 1. The van der Waals surface area contributed by atoms with Crippen molar-refractivity contribution in [3.05, 3.63) is 47.9 Å². The van der Waals surface area contributed by atoms with Crippen molar-refractivity contribution in [1.82, 2.24) is 24.8 Å². The van der Waals surface area contributed by atoms with E-state index in [0.29, 0.717) is 48.1 Å². The van der Waals surface area contributed by atoms with Crippen molar-refractivity contribution < 1.29 is 18.7 Å². The van der Waals surface area contributed by atoms with Crippen LogP contribution in [-0.2, 0) is 11.2 Å². The summed E-state index contributed by atoms with van der Waals surface area (Å²) in [6.07, 6.45) is 8.45. The molecule has 4 atom stereocenters. The summed E-state index contributed by atoms with van der Waals surface area (Å²) in [7, 11) is 2.11. The van der Waals surface area contributed by atoms with Crippen LogP contribution in [0.4, 0.5) is 10.2 Å². The van der Waals surface area contributed by atoms with Gasteiger partial charge in [-0.15, -0.1) is 0 Å². The molecule has 0 bridgehead atoms. The SMILES string of the molecule is C=C(F)C(=O)N1CCN(c2nc(OC[C@@H]3CCCN3C)nc3c(OC4CC4)c(-c4cccc5c4C[C@@H]4C[C@H]54)ncc23)C[C@@H]1CC#N. The Hall–Kier alpha value is -4.30. The molecule has 238 valence electrons. The molecule has 5 aliphatic rings. The smallest absolute Gasteiger partial charge is 0.319 e. The van der Waals surface area contributed by atoms with Crippen LogP contribution in [0.15, 0.2) is 36.8 Å². The number of piperazine rings is 1. The van der Waals surface area contributed by atoms with E-state index < -0.39 is 17.8 Å². The third kappa shape index (κ3) is 5.22. The second-order valence-electron chi connectivity index (χ2n) is 13.5. The van der Waals surface area contributed by atoms with Gasteiger partial charge in [-0.25, -0.2) is 4.39 Å². The molecule has 11 heteroatoms. The van der Waals surface area contributed by atoms with Crippen molar-refractivity contribution in [3.8, 4) is 29.1 Å². The fraction of sp³-hybridized carbons (Fsp3) is 0.514. The number of carbonyl (C=O) groups is 1. The lowest BCUT2D eigenvalue weighted by molar-refractivity contribution is -0.131. The molecule has 10 nitrogen and oxygen atoms in total. The Labute approximate surface area is 267 Å². The molecule has 4 heterocycles. The molecular weight excluding hydrogens is 585 g/mol. The van der Waals surface area contributed by atoms with E-state index in [4.69, 9.17) is 24.4 Å². The first kappa shape index (κ1) is 29.1. The Bertz CT molecular complexity index is 1770. The van der Waals surface area contributed by atoms with Crippen molar-refractivity contribution in [2.24, 2.45) is 5.92 Å². The number of nitrogens with zero attached hydrogens (tertiary/aromatic N) is 7. The van der Waals surface area contributed by atoms with Gasteiger partial charge in [0, 0.05) is 37.4 Å². The molecule has 1 aromatic carbocycles. The van der Waals surface area contributed by atoms with Crippen LogP contribution < -0.4 is 14.4 Å². The lowest BCUT2D eigenvalue weighted by atomic mass is 9.96. The van der Waals surface area contributed by atoms with Gasteiger partial charge in [0.05, 0.1) is 30.0 Å². The summed E-state index contributed by atoms with van der Waals surface area (Å²) in [5.41, 5.74) is 5.33. The van der Waals surface area contributed by atoms with E-state index in [-0.39, 0.29) is 31.1 Å². The van der Waals surface area contributed by atoms with Crippen LogP contribution >= 0.6 is 0 Å². The molecule has 2 saturated carbocycles. The number of hydrogen-bond acceptors (Lipinski definition) is 9. The Balaban J connectivity index is 1.23. The average molecular weight is 624 g/mol. The van der Waals surface area contributed by atoms with Gasteiger partial charge in [0.15, 0.2) is 11.6 Å². The van der Waals surface area contributed by atoms with Gasteiger partial charge in [0.2, 0.25) is 0 Å². The first-order valence-corrected chi connectivity index (χ1v) is 16.5. The predicted molar refractivity (Wildman–Crippen MR) is 170 cm³/mol. The maximum absolute atomic E-state index is 13.9. The van der Waals surface area contributed by atoms with E-state index in [9.17, 15) is 14.4 Å². The Morgan fingerprint density at radius 3 is 2.80 bits per heavy atom. The molecule has 1 amide bonds. The first-order valence-electron chi connectivity index (χ1n) is 16.5. The summed E-state index contributed by atoms with van der Waals surface area (Å²) >= 11 is 0. The minimum Gasteiger partial charge on any atom is -0.486 e. The lowest BCUT2D eigenvalue weighted by Gasteiger charge is -2.41. The number of anilines is 1. The van der Waals surface area contributed by atoms with Crippen molar-refractivity contribution in [3.63, 3.8) is 0 Å². The fourth-order valence-corrected chi connectivity index (χ4v) is 7.62. The average Bonchev–Trinajstić information content (AvgIpc) is 3.97. The summed E-state index contributed by atoms with van der Waals surface area (Å²) in [4.78, 5) is 33.3. The number of halogens is 1. The minimum atomic E-state index is -1.03. The number of pyridine rings is 1. The third-order valence-electron chi connectivity index (χ3n) is 10.4. The zero-order chi connectivity index (χ0) is 31.5. The largest absolute Gasteiger partial charge is 0.486 e. The van der Waals surface area contributed by atoms with Crippen LogP contribution in [0.5, 0.6) is 11.8 Å². The van der Waals surface area contributed by atoms with Crippen LogP contribution in [-0.4, -0.2) is 88.7 Å². The number of carbonyl (C=O) groups excluding carboxylic acids is 1. The molecule has 0 spiro atoms. The van der Waals surface area contributed by atoms with Gasteiger partial charge in [0.1, 0.15) is 23.6 Å². The minimum absolute atomic E-state index is 0.0510. The molecule has 0 unspecified atom stereocenters. The summed E-state index contributed by atoms with van der Waals surface area (Å²) in [6, 6.07) is 8.69. The molecule has 3 aliphatic carbocycles. The summed E-state index contributed by atoms with van der Waals surface area (Å²) in [5.74, 6) is 0.835. The van der Waals surface area contributed by atoms with Crippen LogP contribution in [0.3, 0.4) is 0 Å². The zero-order valence-electron chi connectivity index (χ0n) is 26.1. The fourth-order valence-electron chi connectivity index (χ4n) is 7.62. The van der Waals surface area contributed by atoms with Gasteiger partial charge < -0.3 is 24.2 Å². The van der Waals surface area contributed by atoms with E-state index in [1.807, 2.05) is 11.1 Å². The van der Waals surface area contributed by atoms with Gasteiger partial charge in [-0.1, -0.05) is 24.8 Å². The highest BCUT2D eigenvalue weighted by molar-refractivity contribution is 5.97. The van der Waals surface area contributed by atoms with Gasteiger partial charge >= 0.3 is 6.01 Å². The Kier molecular flexibility index (Phi) is 7.28. The molecule has 46 heavy (non-hydrogen) atoms. The molecule has 0 N–H and O–H groups in total. The van der Waals surface area contributed by atoms with E-state index in [1.165, 1.54) is 22.4 Å². The number of nitriles is 1. The molecule has 2 aliphatic heterocycles. The normalized spacial score (nSPS) is 25.2. The van der Waals surface area contributed by atoms with E-state index in [2.05, 4.69) is 42.8 Å². The number of fused-ring (bicyclic) bond motifs is 4. The second-order valence-corrected chi connectivity index (χ2v) is 13.5. The number of aromatic nitrogens is 3. The lowest BCUT2D eigenvalue weighted by Crippen LogP contribution is -2.55. The molecule has 0 radical (unpaired) electrons. The van der Waals surface area contributed by atoms with Crippen LogP contribution in [0.2, 0.25) is 0 Å². The number of likely N-dealkylation sites (N-methyl/N-ethyl adjacent to an activating group) is 1. The highest BCUT2D eigenvalue weighted by atomic mass is 19.1. The molecule has 3 aromatic rings. The third-order valence-corrected chi connectivity index (χ3v) is 10.4. The maximum atomic E-state index is 13.9. The molecule has 2 aromatic heterocycles. The Morgan fingerprint density at radius 1 is 1.17 bits per heavy atom. The van der Waals surface area contributed by atoms with Crippen molar-refractivity contribution in [2.75, 3.05) is 44.7 Å². The highest BCUT2D eigenvalue weighted by Gasteiger charge is 2.46. The van der Waals surface area contributed by atoms with E-state index >= 15 is 0 Å².